The Bertz CT molecular complexity index is 583. The summed E-state index contributed by atoms with van der Waals surface area (Å²) in [6.07, 6.45) is 7.24. The first-order valence-corrected chi connectivity index (χ1v) is 9.12. The third-order valence-electron chi connectivity index (χ3n) is 5.17. The van der Waals surface area contributed by atoms with Gasteiger partial charge in [0.1, 0.15) is 6.61 Å². The van der Waals surface area contributed by atoms with E-state index in [1.165, 1.54) is 0 Å². The van der Waals surface area contributed by atoms with E-state index in [9.17, 15) is 4.79 Å². The summed E-state index contributed by atoms with van der Waals surface area (Å²) in [5, 5.41) is 0. The number of terminal acetylenes is 1. The standard InChI is InChI=1S/C20H27N3O2/c1-2-10-21-13-15-22(16-14-21)19-8-11-23(12-9-19)20(24)25-17-18-6-4-3-5-7-18/h1,3-7,19H,8-17H2. The van der Waals surface area contributed by atoms with Gasteiger partial charge >= 0.3 is 6.09 Å². The van der Waals surface area contributed by atoms with Crippen LogP contribution in [-0.4, -0.2) is 72.6 Å². The molecule has 5 heteroatoms. The molecule has 0 spiro atoms. The van der Waals surface area contributed by atoms with Gasteiger partial charge in [0, 0.05) is 45.3 Å². The molecule has 25 heavy (non-hydrogen) atoms. The Hall–Kier alpha value is -2.03. The fourth-order valence-corrected chi connectivity index (χ4v) is 3.64. The van der Waals surface area contributed by atoms with Crippen LogP contribution in [0.15, 0.2) is 30.3 Å². The number of rotatable bonds is 4. The van der Waals surface area contributed by atoms with Crippen LogP contribution in [0.1, 0.15) is 18.4 Å². The number of piperazine rings is 1. The highest BCUT2D eigenvalue weighted by atomic mass is 16.6. The van der Waals surface area contributed by atoms with Crippen LogP contribution in [0.4, 0.5) is 4.79 Å². The fourth-order valence-electron chi connectivity index (χ4n) is 3.64. The Kier molecular flexibility index (Phi) is 6.32. The minimum Gasteiger partial charge on any atom is -0.445 e. The maximum Gasteiger partial charge on any atom is 0.410 e. The average molecular weight is 341 g/mol. The summed E-state index contributed by atoms with van der Waals surface area (Å²) in [5.74, 6) is 2.72. The number of hydrogen-bond donors (Lipinski definition) is 0. The molecule has 0 aromatic heterocycles. The SMILES string of the molecule is C#CCN1CCN(C2CCN(C(=O)OCc3ccccc3)CC2)CC1. The number of likely N-dealkylation sites (tertiary alicyclic amines) is 1. The van der Waals surface area contributed by atoms with E-state index >= 15 is 0 Å². The normalized spacial score (nSPS) is 20.2. The van der Waals surface area contributed by atoms with E-state index in [0.717, 1.165) is 64.2 Å². The van der Waals surface area contributed by atoms with Crippen LogP contribution in [-0.2, 0) is 11.3 Å². The summed E-state index contributed by atoms with van der Waals surface area (Å²) in [7, 11) is 0. The number of ether oxygens (including phenoxy) is 1. The Balaban J connectivity index is 1.38. The number of nitrogens with zero attached hydrogens (tertiary/aromatic N) is 3. The number of amides is 1. The maximum absolute atomic E-state index is 12.2. The quantitative estimate of drug-likeness (QED) is 0.785. The van der Waals surface area contributed by atoms with E-state index in [1.54, 1.807) is 0 Å². The van der Waals surface area contributed by atoms with Gasteiger partial charge in [0.2, 0.25) is 0 Å². The molecule has 0 radical (unpaired) electrons. The molecule has 134 valence electrons. The van der Waals surface area contributed by atoms with Gasteiger partial charge in [-0.1, -0.05) is 36.3 Å². The molecule has 1 amide bonds. The molecule has 0 N–H and O–H groups in total. The zero-order valence-electron chi connectivity index (χ0n) is 14.8. The molecule has 2 saturated heterocycles. The van der Waals surface area contributed by atoms with Crippen LogP contribution in [0.3, 0.4) is 0 Å². The smallest absolute Gasteiger partial charge is 0.410 e. The first-order chi connectivity index (χ1) is 12.3. The third kappa shape index (κ3) is 4.97. The van der Waals surface area contributed by atoms with Crippen molar-refractivity contribution in [3.63, 3.8) is 0 Å². The van der Waals surface area contributed by atoms with Crippen molar-refractivity contribution < 1.29 is 9.53 Å². The molecule has 2 heterocycles. The highest BCUT2D eigenvalue weighted by Crippen LogP contribution is 2.19. The number of carbonyl (C=O) groups is 1. The molecule has 0 bridgehead atoms. The van der Waals surface area contributed by atoms with E-state index in [2.05, 4.69) is 15.7 Å². The molecule has 0 aliphatic carbocycles. The Morgan fingerprint density at radius 2 is 1.76 bits per heavy atom. The summed E-state index contributed by atoms with van der Waals surface area (Å²) in [6.45, 7) is 6.89. The Labute approximate surface area is 150 Å². The first-order valence-electron chi connectivity index (χ1n) is 9.12. The monoisotopic (exact) mass is 341 g/mol. The highest BCUT2D eigenvalue weighted by molar-refractivity contribution is 5.67. The van der Waals surface area contributed by atoms with Gasteiger partial charge in [-0.3, -0.25) is 9.80 Å². The summed E-state index contributed by atoms with van der Waals surface area (Å²) in [4.78, 5) is 19.0. The zero-order valence-corrected chi connectivity index (χ0v) is 14.8. The van der Waals surface area contributed by atoms with E-state index in [0.29, 0.717) is 12.6 Å². The second-order valence-corrected chi connectivity index (χ2v) is 6.77. The second kappa shape index (κ2) is 8.89. The lowest BCUT2D eigenvalue weighted by molar-refractivity contribution is 0.0499. The van der Waals surface area contributed by atoms with Crippen molar-refractivity contribution in [1.29, 1.82) is 0 Å². The maximum atomic E-state index is 12.2. The Morgan fingerprint density at radius 1 is 1.08 bits per heavy atom. The lowest BCUT2D eigenvalue weighted by Crippen LogP contribution is -2.53. The van der Waals surface area contributed by atoms with Gasteiger partial charge in [-0.2, -0.15) is 0 Å². The molecule has 0 unspecified atom stereocenters. The topological polar surface area (TPSA) is 36.0 Å². The molecule has 2 fully saturated rings. The summed E-state index contributed by atoms with van der Waals surface area (Å²) < 4.78 is 5.44. The van der Waals surface area contributed by atoms with Crippen LogP contribution in [0, 0.1) is 12.3 Å². The molecule has 1 aromatic rings. The van der Waals surface area contributed by atoms with E-state index in [-0.39, 0.29) is 6.09 Å². The molecule has 3 rings (SSSR count). The fraction of sp³-hybridized carbons (Fsp3) is 0.550. The van der Waals surface area contributed by atoms with Gasteiger partial charge < -0.3 is 9.64 Å². The van der Waals surface area contributed by atoms with Crippen molar-refractivity contribution in [3.05, 3.63) is 35.9 Å². The molecule has 2 aliphatic rings. The van der Waals surface area contributed by atoms with E-state index < -0.39 is 0 Å². The van der Waals surface area contributed by atoms with Gasteiger partial charge in [0.15, 0.2) is 0 Å². The van der Waals surface area contributed by atoms with Crippen molar-refractivity contribution in [2.75, 3.05) is 45.8 Å². The van der Waals surface area contributed by atoms with E-state index in [1.807, 2.05) is 35.2 Å². The molecular weight excluding hydrogens is 314 g/mol. The van der Waals surface area contributed by atoms with Crippen molar-refractivity contribution in [3.8, 4) is 12.3 Å². The van der Waals surface area contributed by atoms with Gasteiger partial charge in [-0.05, 0) is 18.4 Å². The largest absolute Gasteiger partial charge is 0.445 e. The van der Waals surface area contributed by atoms with Crippen molar-refractivity contribution in [2.24, 2.45) is 0 Å². The van der Waals surface area contributed by atoms with Crippen LogP contribution in [0.5, 0.6) is 0 Å². The van der Waals surface area contributed by atoms with Crippen molar-refractivity contribution >= 4 is 6.09 Å². The van der Waals surface area contributed by atoms with Gasteiger partial charge in [0.05, 0.1) is 6.54 Å². The predicted octanol–water partition coefficient (Wildman–Crippen LogP) is 2.04. The van der Waals surface area contributed by atoms with Gasteiger partial charge in [0.25, 0.3) is 0 Å². The van der Waals surface area contributed by atoms with Crippen LogP contribution >= 0.6 is 0 Å². The summed E-state index contributed by atoms with van der Waals surface area (Å²) >= 11 is 0. The number of piperidine rings is 1. The number of hydrogen-bond acceptors (Lipinski definition) is 4. The number of benzene rings is 1. The molecule has 0 saturated carbocycles. The summed E-state index contributed by atoms with van der Waals surface area (Å²) in [5.41, 5.74) is 1.02. The Morgan fingerprint density at radius 3 is 2.40 bits per heavy atom. The molecule has 1 aromatic carbocycles. The molecular formula is C20H27N3O2. The predicted molar refractivity (Wildman–Crippen MR) is 98.1 cm³/mol. The van der Waals surface area contributed by atoms with Crippen LogP contribution < -0.4 is 0 Å². The van der Waals surface area contributed by atoms with Crippen LogP contribution in [0.25, 0.3) is 0 Å². The second-order valence-electron chi connectivity index (χ2n) is 6.77. The minimum absolute atomic E-state index is 0.193. The lowest BCUT2D eigenvalue weighted by atomic mass is 10.0. The lowest BCUT2D eigenvalue weighted by Gasteiger charge is -2.42. The van der Waals surface area contributed by atoms with E-state index in [4.69, 9.17) is 11.2 Å². The number of carbonyl (C=O) groups excluding carboxylic acids is 1. The zero-order chi connectivity index (χ0) is 17.5. The van der Waals surface area contributed by atoms with Crippen LogP contribution in [0.2, 0.25) is 0 Å². The van der Waals surface area contributed by atoms with Gasteiger partial charge in [-0.25, -0.2) is 4.79 Å². The molecule has 5 nitrogen and oxygen atoms in total. The van der Waals surface area contributed by atoms with Gasteiger partial charge in [-0.15, -0.1) is 6.42 Å². The minimum atomic E-state index is -0.193. The molecule has 2 aliphatic heterocycles. The third-order valence-corrected chi connectivity index (χ3v) is 5.17. The van der Waals surface area contributed by atoms with Crippen molar-refractivity contribution in [1.82, 2.24) is 14.7 Å². The summed E-state index contributed by atoms with van der Waals surface area (Å²) in [6, 6.07) is 10.4. The average Bonchev–Trinajstić information content (AvgIpc) is 2.68. The molecule has 0 atom stereocenters. The van der Waals surface area contributed by atoms with Crippen molar-refractivity contribution in [2.45, 2.75) is 25.5 Å². The first kappa shape index (κ1) is 17.8. The highest BCUT2D eigenvalue weighted by Gasteiger charge is 2.29.